The minimum atomic E-state index is -1.12. The van der Waals surface area contributed by atoms with Crippen LogP contribution in [0.15, 0.2) is 30.3 Å². The molecule has 0 aromatic heterocycles. The molecule has 1 aromatic carbocycles. The minimum Gasteiger partial charge on any atom is -0.480 e. The number of methoxy groups -OCH3 is 1. The number of rotatable bonds is 6. The van der Waals surface area contributed by atoms with E-state index >= 15 is 0 Å². The number of aliphatic carboxylic acids is 1. The molecule has 1 aromatic rings. The van der Waals surface area contributed by atoms with Crippen molar-refractivity contribution in [1.29, 1.82) is 0 Å². The third-order valence-electron chi connectivity index (χ3n) is 4.13. The van der Waals surface area contributed by atoms with E-state index < -0.39 is 24.0 Å². The molecule has 6 nitrogen and oxygen atoms in total. The molecule has 1 amide bonds. The Morgan fingerprint density at radius 2 is 2.00 bits per heavy atom. The van der Waals surface area contributed by atoms with Crippen LogP contribution < -0.4 is 5.32 Å². The molecule has 0 aliphatic heterocycles. The van der Waals surface area contributed by atoms with Crippen LogP contribution in [0.2, 0.25) is 0 Å². The van der Waals surface area contributed by atoms with Gasteiger partial charge in [0.1, 0.15) is 11.8 Å². The number of hydrogen-bond acceptors (Lipinski definition) is 4. The minimum absolute atomic E-state index is 0.0492. The number of carbonyl (C=O) groups excluding carboxylic acids is 2. The fourth-order valence-corrected chi connectivity index (χ4v) is 2.97. The molecule has 2 N–H and O–H groups in total. The molecule has 0 spiro atoms. The van der Waals surface area contributed by atoms with E-state index in [1.807, 2.05) is 6.07 Å². The lowest BCUT2D eigenvalue weighted by molar-refractivity contribution is -0.146. The molecule has 1 aliphatic rings. The Hall–Kier alpha value is -2.21. The van der Waals surface area contributed by atoms with Gasteiger partial charge in [-0.25, -0.2) is 4.79 Å². The van der Waals surface area contributed by atoms with Gasteiger partial charge in [0, 0.05) is 20.0 Å². The van der Waals surface area contributed by atoms with E-state index in [4.69, 9.17) is 4.74 Å². The Balaban J connectivity index is 2.10. The third kappa shape index (κ3) is 4.39. The van der Waals surface area contributed by atoms with Gasteiger partial charge in [-0.3, -0.25) is 9.59 Å². The average molecular weight is 319 g/mol. The first-order chi connectivity index (χ1) is 11.0. The van der Waals surface area contributed by atoms with Gasteiger partial charge in [-0.2, -0.15) is 0 Å². The average Bonchev–Trinajstić information content (AvgIpc) is 2.54. The molecule has 0 bridgehead atoms. The number of ketones is 1. The van der Waals surface area contributed by atoms with E-state index in [0.717, 1.165) is 0 Å². The van der Waals surface area contributed by atoms with Gasteiger partial charge in [0.15, 0.2) is 6.10 Å². The molecule has 0 radical (unpaired) electrons. The summed E-state index contributed by atoms with van der Waals surface area (Å²) in [6.07, 6.45) is 1.08. The SMILES string of the molecule is CO[C@@H](C(=O)N[C@H](C(=O)O)[C@H]1CCCC(=O)C1)c1ccccc1. The van der Waals surface area contributed by atoms with Crippen LogP contribution >= 0.6 is 0 Å². The van der Waals surface area contributed by atoms with Crippen molar-refractivity contribution in [3.8, 4) is 0 Å². The highest BCUT2D eigenvalue weighted by Gasteiger charge is 2.35. The number of Topliss-reactive ketones (excluding diaryl/α,β-unsaturated/α-hetero) is 1. The Kier molecular flexibility index (Phi) is 5.87. The maximum Gasteiger partial charge on any atom is 0.326 e. The fourth-order valence-electron chi connectivity index (χ4n) is 2.97. The van der Waals surface area contributed by atoms with E-state index in [0.29, 0.717) is 24.8 Å². The van der Waals surface area contributed by atoms with Gasteiger partial charge in [0.2, 0.25) is 0 Å². The quantitative estimate of drug-likeness (QED) is 0.832. The second-order valence-corrected chi connectivity index (χ2v) is 5.75. The number of benzene rings is 1. The topological polar surface area (TPSA) is 92.7 Å². The van der Waals surface area contributed by atoms with Crippen molar-refractivity contribution >= 4 is 17.7 Å². The second kappa shape index (κ2) is 7.87. The summed E-state index contributed by atoms with van der Waals surface area (Å²) in [5.41, 5.74) is 0.649. The summed E-state index contributed by atoms with van der Waals surface area (Å²) < 4.78 is 5.22. The van der Waals surface area contributed by atoms with Gasteiger partial charge in [-0.1, -0.05) is 30.3 Å². The number of nitrogens with one attached hydrogen (secondary N) is 1. The van der Waals surface area contributed by atoms with Gasteiger partial charge in [-0.15, -0.1) is 0 Å². The molecule has 23 heavy (non-hydrogen) atoms. The number of carbonyl (C=O) groups is 3. The van der Waals surface area contributed by atoms with Crippen molar-refractivity contribution in [3.63, 3.8) is 0 Å². The molecular formula is C17H21NO5. The summed E-state index contributed by atoms with van der Waals surface area (Å²) in [4.78, 5) is 35.5. The summed E-state index contributed by atoms with van der Waals surface area (Å²) in [7, 11) is 1.40. The first-order valence-electron chi connectivity index (χ1n) is 7.65. The zero-order chi connectivity index (χ0) is 16.8. The molecule has 1 fully saturated rings. The Labute approximate surface area is 134 Å². The summed E-state index contributed by atoms with van der Waals surface area (Å²) in [5.74, 6) is -1.95. The Morgan fingerprint density at radius 3 is 2.57 bits per heavy atom. The van der Waals surface area contributed by atoms with Crippen molar-refractivity contribution < 1.29 is 24.2 Å². The normalized spacial score (nSPS) is 20.6. The fraction of sp³-hybridized carbons (Fsp3) is 0.471. The molecule has 6 heteroatoms. The molecule has 0 heterocycles. The summed E-state index contributed by atoms with van der Waals surface area (Å²) in [6, 6.07) is 7.79. The van der Waals surface area contributed by atoms with Crippen molar-refractivity contribution in [2.45, 2.75) is 37.8 Å². The molecule has 0 unspecified atom stereocenters. The predicted octanol–water partition coefficient (Wildman–Crippen LogP) is 1.70. The molecule has 1 saturated carbocycles. The zero-order valence-electron chi connectivity index (χ0n) is 13.0. The summed E-state index contributed by atoms with van der Waals surface area (Å²) in [5, 5.41) is 12.0. The highest BCUT2D eigenvalue weighted by molar-refractivity contribution is 5.88. The maximum atomic E-state index is 12.4. The van der Waals surface area contributed by atoms with Crippen LogP contribution in [0.25, 0.3) is 0 Å². The number of ether oxygens (including phenoxy) is 1. The number of carboxylic acids is 1. The lowest BCUT2D eigenvalue weighted by Gasteiger charge is -2.28. The smallest absolute Gasteiger partial charge is 0.326 e. The number of amides is 1. The van der Waals surface area contributed by atoms with E-state index in [1.165, 1.54) is 7.11 Å². The van der Waals surface area contributed by atoms with E-state index in [-0.39, 0.29) is 18.1 Å². The van der Waals surface area contributed by atoms with Crippen LogP contribution in [0, 0.1) is 5.92 Å². The van der Waals surface area contributed by atoms with Crippen LogP contribution in [0.5, 0.6) is 0 Å². The highest BCUT2D eigenvalue weighted by Crippen LogP contribution is 2.25. The monoisotopic (exact) mass is 319 g/mol. The van der Waals surface area contributed by atoms with Crippen LogP contribution in [0.3, 0.4) is 0 Å². The molecule has 3 atom stereocenters. The van der Waals surface area contributed by atoms with E-state index in [9.17, 15) is 19.5 Å². The van der Waals surface area contributed by atoms with Crippen molar-refractivity contribution in [3.05, 3.63) is 35.9 Å². The van der Waals surface area contributed by atoms with E-state index in [1.54, 1.807) is 24.3 Å². The molecule has 0 saturated heterocycles. The standard InChI is InChI=1S/C17H21NO5/c1-23-15(11-6-3-2-4-7-11)16(20)18-14(17(21)22)12-8-5-9-13(19)10-12/h2-4,6-7,12,14-15H,5,8-10H2,1H3,(H,18,20)(H,21,22)/t12-,14-,15+/m0/s1. The van der Waals surface area contributed by atoms with Crippen molar-refractivity contribution in [2.24, 2.45) is 5.92 Å². The Bertz CT molecular complexity index is 572. The Morgan fingerprint density at radius 1 is 1.30 bits per heavy atom. The molecular weight excluding hydrogens is 298 g/mol. The van der Waals surface area contributed by atoms with Gasteiger partial charge < -0.3 is 15.2 Å². The third-order valence-corrected chi connectivity index (χ3v) is 4.13. The second-order valence-electron chi connectivity index (χ2n) is 5.75. The van der Waals surface area contributed by atoms with E-state index in [2.05, 4.69) is 5.32 Å². The maximum absolute atomic E-state index is 12.4. The van der Waals surface area contributed by atoms with Gasteiger partial charge in [0.25, 0.3) is 5.91 Å². The molecule has 124 valence electrons. The lowest BCUT2D eigenvalue weighted by atomic mass is 9.83. The first kappa shape index (κ1) is 17.1. The number of carboxylic acid groups (broad SMARTS) is 1. The highest BCUT2D eigenvalue weighted by atomic mass is 16.5. The van der Waals surface area contributed by atoms with Crippen LogP contribution in [-0.4, -0.2) is 35.9 Å². The lowest BCUT2D eigenvalue weighted by Crippen LogP contribution is -2.49. The van der Waals surface area contributed by atoms with Gasteiger partial charge in [-0.05, 0) is 24.3 Å². The molecule has 1 aliphatic carbocycles. The van der Waals surface area contributed by atoms with Crippen molar-refractivity contribution in [1.82, 2.24) is 5.32 Å². The largest absolute Gasteiger partial charge is 0.480 e. The van der Waals surface area contributed by atoms with Crippen LogP contribution in [0.1, 0.15) is 37.4 Å². The first-order valence-corrected chi connectivity index (χ1v) is 7.65. The predicted molar refractivity (Wildman–Crippen MR) is 82.7 cm³/mol. The molecule has 2 rings (SSSR count). The number of hydrogen-bond donors (Lipinski definition) is 2. The van der Waals surface area contributed by atoms with Crippen LogP contribution in [-0.2, 0) is 19.1 Å². The summed E-state index contributed by atoms with van der Waals surface area (Å²) in [6.45, 7) is 0. The summed E-state index contributed by atoms with van der Waals surface area (Å²) >= 11 is 0. The van der Waals surface area contributed by atoms with Crippen LogP contribution in [0.4, 0.5) is 0 Å². The zero-order valence-corrected chi connectivity index (χ0v) is 13.0. The van der Waals surface area contributed by atoms with Gasteiger partial charge >= 0.3 is 5.97 Å². The van der Waals surface area contributed by atoms with Gasteiger partial charge in [0.05, 0.1) is 0 Å². The van der Waals surface area contributed by atoms with Crippen molar-refractivity contribution in [2.75, 3.05) is 7.11 Å².